The van der Waals surface area contributed by atoms with Crippen molar-refractivity contribution in [1.82, 2.24) is 14.5 Å². The zero-order valence-electron chi connectivity index (χ0n) is 15.8. The second-order valence-corrected chi connectivity index (χ2v) is 10.6. The molecule has 0 aliphatic carbocycles. The molecule has 0 saturated carbocycles. The molecule has 0 aromatic carbocycles. The monoisotopic (exact) mass is 427 g/mol. The molecule has 0 spiro atoms. The van der Waals surface area contributed by atoms with Gasteiger partial charge in [-0.3, -0.25) is 19.3 Å². The van der Waals surface area contributed by atoms with Crippen LogP contribution >= 0.6 is 11.3 Å². The van der Waals surface area contributed by atoms with Crippen molar-refractivity contribution in [3.8, 4) is 0 Å². The number of amides is 3. The third-order valence-corrected chi connectivity index (χ3v) is 8.41. The van der Waals surface area contributed by atoms with Gasteiger partial charge in [0.05, 0.1) is 5.92 Å². The Labute approximate surface area is 168 Å². The number of likely N-dealkylation sites (tertiary alicyclic amines) is 1. The molecule has 1 aromatic rings. The van der Waals surface area contributed by atoms with Crippen molar-refractivity contribution in [3.05, 3.63) is 17.0 Å². The number of nitrogens with one attached hydrogen (secondary N) is 1. The molecular formula is C18H25N3O5S2. The molecule has 8 nitrogen and oxygen atoms in total. The molecule has 1 aromatic heterocycles. The second kappa shape index (κ2) is 8.71. The highest BCUT2D eigenvalue weighted by atomic mass is 32.2. The quantitative estimate of drug-likeness (QED) is 0.519. The number of piperidine rings is 1. The number of rotatable bonds is 7. The van der Waals surface area contributed by atoms with Crippen LogP contribution in [0.5, 0.6) is 0 Å². The van der Waals surface area contributed by atoms with Gasteiger partial charge >= 0.3 is 0 Å². The summed E-state index contributed by atoms with van der Waals surface area (Å²) >= 11 is 1.24. The van der Waals surface area contributed by atoms with Crippen LogP contribution in [0.3, 0.4) is 0 Å². The Morgan fingerprint density at radius 1 is 1.25 bits per heavy atom. The van der Waals surface area contributed by atoms with E-state index in [-0.39, 0.29) is 43.0 Å². The molecule has 3 rings (SSSR count). The van der Waals surface area contributed by atoms with Crippen LogP contribution in [0.25, 0.3) is 0 Å². The molecule has 0 radical (unpaired) electrons. The van der Waals surface area contributed by atoms with Crippen LogP contribution in [0, 0.1) is 12.8 Å². The summed E-state index contributed by atoms with van der Waals surface area (Å²) in [5.41, 5.74) is 0. The van der Waals surface area contributed by atoms with E-state index in [1.54, 1.807) is 12.1 Å². The largest absolute Gasteiger partial charge is 0.356 e. The van der Waals surface area contributed by atoms with Gasteiger partial charge in [-0.1, -0.05) is 0 Å². The summed E-state index contributed by atoms with van der Waals surface area (Å²) in [5.74, 6) is -0.887. The molecule has 154 valence electrons. The standard InChI is InChI=1S/C18H25N3O5S2/c1-13-5-8-17(27-13)28(25,26)20-10-2-4-14(12-20)18(24)19-9-3-11-21-15(22)6-7-16(21)23/h5,8,14H,2-4,6-7,9-12H2,1H3,(H,19,24). The van der Waals surface area contributed by atoms with E-state index in [0.717, 1.165) is 4.88 Å². The summed E-state index contributed by atoms with van der Waals surface area (Å²) in [6.07, 6.45) is 2.30. The molecule has 0 bridgehead atoms. The van der Waals surface area contributed by atoms with Gasteiger partial charge in [0.15, 0.2) is 0 Å². The lowest BCUT2D eigenvalue weighted by atomic mass is 9.99. The fraction of sp³-hybridized carbons (Fsp3) is 0.611. The Kier molecular flexibility index (Phi) is 6.51. The Bertz CT molecular complexity index is 848. The first kappa shape index (κ1) is 20.9. The second-order valence-electron chi connectivity index (χ2n) is 7.15. The third kappa shape index (κ3) is 4.61. The molecule has 1 N–H and O–H groups in total. The molecule has 28 heavy (non-hydrogen) atoms. The number of hydrogen-bond donors (Lipinski definition) is 1. The fourth-order valence-corrected chi connectivity index (χ4v) is 6.48. The molecule has 3 amide bonds. The normalized spacial score (nSPS) is 21.3. The Balaban J connectivity index is 1.49. The molecule has 10 heteroatoms. The summed E-state index contributed by atoms with van der Waals surface area (Å²) in [6.45, 7) is 3.11. The number of carbonyl (C=O) groups is 3. The van der Waals surface area contributed by atoms with Gasteiger partial charge in [0.2, 0.25) is 17.7 Å². The van der Waals surface area contributed by atoms with Crippen LogP contribution in [0.1, 0.15) is 37.0 Å². The lowest BCUT2D eigenvalue weighted by Crippen LogP contribution is -2.45. The molecular weight excluding hydrogens is 402 g/mol. The summed E-state index contributed by atoms with van der Waals surface area (Å²) in [5, 5.41) is 2.81. The number of thiophene rings is 1. The first-order valence-corrected chi connectivity index (χ1v) is 11.7. The van der Waals surface area contributed by atoms with Crippen molar-refractivity contribution < 1.29 is 22.8 Å². The summed E-state index contributed by atoms with van der Waals surface area (Å²) in [7, 11) is -3.57. The number of aryl methyl sites for hydroxylation is 1. The summed E-state index contributed by atoms with van der Waals surface area (Å²) in [4.78, 5) is 37.8. The number of sulfonamides is 1. The van der Waals surface area contributed by atoms with Gasteiger partial charge < -0.3 is 5.32 Å². The molecule has 2 aliphatic rings. The molecule has 2 aliphatic heterocycles. The number of carbonyl (C=O) groups excluding carboxylic acids is 3. The zero-order valence-corrected chi connectivity index (χ0v) is 17.5. The first-order valence-electron chi connectivity index (χ1n) is 9.46. The van der Waals surface area contributed by atoms with Gasteiger partial charge in [-0.05, 0) is 38.3 Å². The van der Waals surface area contributed by atoms with Crippen molar-refractivity contribution in [2.45, 2.75) is 43.2 Å². The van der Waals surface area contributed by atoms with Crippen molar-refractivity contribution >= 4 is 39.1 Å². The molecule has 1 unspecified atom stereocenters. The smallest absolute Gasteiger partial charge is 0.252 e. The number of hydrogen-bond acceptors (Lipinski definition) is 6. The minimum Gasteiger partial charge on any atom is -0.356 e. The van der Waals surface area contributed by atoms with E-state index in [1.165, 1.54) is 20.5 Å². The van der Waals surface area contributed by atoms with Crippen molar-refractivity contribution in [2.75, 3.05) is 26.2 Å². The number of nitrogens with zero attached hydrogens (tertiary/aromatic N) is 2. The fourth-order valence-electron chi connectivity index (χ4n) is 3.52. The third-order valence-electron chi connectivity index (χ3n) is 5.08. The summed E-state index contributed by atoms with van der Waals surface area (Å²) < 4.78 is 27.3. The van der Waals surface area contributed by atoms with Crippen molar-refractivity contribution in [3.63, 3.8) is 0 Å². The van der Waals surface area contributed by atoms with Gasteiger partial charge in [0.1, 0.15) is 4.21 Å². The van der Waals surface area contributed by atoms with Crippen LogP contribution in [0.15, 0.2) is 16.3 Å². The van der Waals surface area contributed by atoms with Gasteiger partial charge in [-0.25, -0.2) is 8.42 Å². The SMILES string of the molecule is Cc1ccc(S(=O)(=O)N2CCCC(C(=O)NCCCN3C(=O)CCC3=O)C2)s1. The van der Waals surface area contributed by atoms with Crippen molar-refractivity contribution in [2.24, 2.45) is 5.92 Å². The van der Waals surface area contributed by atoms with Crippen molar-refractivity contribution in [1.29, 1.82) is 0 Å². The highest BCUT2D eigenvalue weighted by molar-refractivity contribution is 7.91. The van der Waals surface area contributed by atoms with E-state index in [4.69, 9.17) is 0 Å². The van der Waals surface area contributed by atoms with Crippen LogP contribution in [-0.2, 0) is 24.4 Å². The molecule has 1 atom stereocenters. The van der Waals surface area contributed by atoms with Crippen LogP contribution < -0.4 is 5.32 Å². The zero-order chi connectivity index (χ0) is 20.3. The van der Waals surface area contributed by atoms with Gasteiger partial charge in [-0.2, -0.15) is 4.31 Å². The summed E-state index contributed by atoms with van der Waals surface area (Å²) in [6, 6.07) is 3.39. The van der Waals surface area contributed by atoms with Gasteiger partial charge in [0, 0.05) is 43.9 Å². The molecule has 2 fully saturated rings. The average molecular weight is 428 g/mol. The Morgan fingerprint density at radius 3 is 2.61 bits per heavy atom. The van der Waals surface area contributed by atoms with Gasteiger partial charge in [0.25, 0.3) is 10.0 Å². The minimum absolute atomic E-state index is 0.159. The van der Waals surface area contributed by atoms with E-state index in [9.17, 15) is 22.8 Å². The highest BCUT2D eigenvalue weighted by Crippen LogP contribution is 2.28. The van der Waals surface area contributed by atoms with E-state index >= 15 is 0 Å². The van der Waals surface area contributed by atoms with Crippen LogP contribution in [0.4, 0.5) is 0 Å². The van der Waals surface area contributed by atoms with Crippen LogP contribution in [-0.4, -0.2) is 61.5 Å². The van der Waals surface area contributed by atoms with Gasteiger partial charge in [-0.15, -0.1) is 11.3 Å². The Morgan fingerprint density at radius 2 is 1.96 bits per heavy atom. The number of imide groups is 1. The van der Waals surface area contributed by atoms with Crippen LogP contribution in [0.2, 0.25) is 0 Å². The molecule has 2 saturated heterocycles. The highest BCUT2D eigenvalue weighted by Gasteiger charge is 2.34. The predicted molar refractivity (Wildman–Crippen MR) is 104 cm³/mol. The topological polar surface area (TPSA) is 104 Å². The lowest BCUT2D eigenvalue weighted by molar-refractivity contribution is -0.138. The van der Waals surface area contributed by atoms with E-state index < -0.39 is 10.0 Å². The maximum atomic E-state index is 12.8. The predicted octanol–water partition coefficient (Wildman–Crippen LogP) is 1.11. The van der Waals surface area contributed by atoms with E-state index in [2.05, 4.69) is 5.32 Å². The Hall–Kier alpha value is -1.78. The van der Waals surface area contributed by atoms with E-state index in [1.807, 2.05) is 6.92 Å². The first-order chi connectivity index (χ1) is 13.3. The average Bonchev–Trinajstić information content (AvgIpc) is 3.25. The van der Waals surface area contributed by atoms with E-state index in [0.29, 0.717) is 43.1 Å². The lowest BCUT2D eigenvalue weighted by Gasteiger charge is -2.30. The minimum atomic E-state index is -3.57. The maximum absolute atomic E-state index is 12.8. The maximum Gasteiger partial charge on any atom is 0.252 e. The molecule has 3 heterocycles.